The van der Waals surface area contributed by atoms with Crippen LogP contribution < -0.4 is 0 Å². The van der Waals surface area contributed by atoms with Crippen LogP contribution >= 0.6 is 11.8 Å². The fourth-order valence-electron chi connectivity index (χ4n) is 0.275. The molecule has 0 unspecified atom stereocenters. The average molecular weight is 128 g/mol. The van der Waals surface area contributed by atoms with Gasteiger partial charge in [0.25, 0.3) is 0 Å². The Labute approximate surface area is 50.7 Å². The zero-order valence-corrected chi connectivity index (χ0v) is 5.09. The van der Waals surface area contributed by atoms with Crippen LogP contribution in [0.4, 0.5) is 0 Å². The first-order valence-electron chi connectivity index (χ1n) is 1.98. The highest BCUT2D eigenvalue weighted by Crippen LogP contribution is 2.00. The van der Waals surface area contributed by atoms with Gasteiger partial charge >= 0.3 is 0 Å². The molecule has 1 aromatic heterocycles. The highest BCUT2D eigenvalue weighted by atomic mass is 32.2. The summed E-state index contributed by atoms with van der Waals surface area (Å²) in [5, 5.41) is 14.9. The topological polar surface area (TPSA) is 51.6 Å². The van der Waals surface area contributed by atoms with Crippen LogP contribution in [0, 0.1) is 0 Å². The summed E-state index contributed by atoms with van der Waals surface area (Å²) in [5.41, 5.74) is 0. The first kappa shape index (κ1) is 5.43. The van der Waals surface area contributed by atoms with Crippen molar-refractivity contribution in [3.05, 3.63) is 6.33 Å². The van der Waals surface area contributed by atoms with Crippen molar-refractivity contribution in [3.8, 4) is 0 Å². The first-order chi connectivity index (χ1) is 3.93. The Bertz CT molecular complexity index is 153. The maximum absolute atomic E-state index is 3.64. The number of rotatable bonds is 1. The van der Waals surface area contributed by atoms with Gasteiger partial charge in [-0.25, -0.2) is 0 Å². The standard InChI is InChI=1S/C3H4N4S/c1-8-3-6-4-2-5-7-3/h2H,1H3. The average Bonchev–Trinajstić information content (AvgIpc) is 1.90. The van der Waals surface area contributed by atoms with Crippen molar-refractivity contribution in [2.75, 3.05) is 6.26 Å². The highest BCUT2D eigenvalue weighted by molar-refractivity contribution is 7.98. The quantitative estimate of drug-likeness (QED) is 0.498. The van der Waals surface area contributed by atoms with E-state index in [1.54, 1.807) is 0 Å². The van der Waals surface area contributed by atoms with Crippen molar-refractivity contribution in [3.63, 3.8) is 0 Å². The molecule has 0 saturated carbocycles. The summed E-state index contributed by atoms with van der Waals surface area (Å²) in [7, 11) is 0. The molecule has 0 fully saturated rings. The van der Waals surface area contributed by atoms with Crippen molar-refractivity contribution in [2.45, 2.75) is 5.16 Å². The van der Waals surface area contributed by atoms with Gasteiger partial charge in [-0.15, -0.1) is 20.4 Å². The lowest BCUT2D eigenvalue weighted by molar-refractivity contribution is 0.745. The minimum Gasteiger partial charge on any atom is -0.134 e. The van der Waals surface area contributed by atoms with Gasteiger partial charge in [-0.1, -0.05) is 11.8 Å². The number of nitrogens with zero attached hydrogens (tertiary/aromatic N) is 4. The molecule has 1 aromatic rings. The molecule has 1 heterocycles. The Kier molecular flexibility index (Phi) is 1.74. The molecule has 0 aliphatic heterocycles. The maximum atomic E-state index is 3.64. The number of hydrogen-bond acceptors (Lipinski definition) is 5. The fraction of sp³-hybridized carbons (Fsp3) is 0.333. The molecule has 8 heavy (non-hydrogen) atoms. The minimum absolute atomic E-state index is 0.604. The van der Waals surface area contributed by atoms with E-state index in [0.717, 1.165) is 0 Å². The lowest BCUT2D eigenvalue weighted by atomic mass is 11.3. The zero-order valence-electron chi connectivity index (χ0n) is 4.27. The van der Waals surface area contributed by atoms with Gasteiger partial charge in [0.1, 0.15) is 0 Å². The third kappa shape index (κ3) is 1.13. The summed E-state index contributed by atoms with van der Waals surface area (Å²) in [5.74, 6) is 0. The van der Waals surface area contributed by atoms with E-state index in [4.69, 9.17) is 0 Å². The van der Waals surface area contributed by atoms with Crippen LogP contribution in [0.3, 0.4) is 0 Å². The first-order valence-corrected chi connectivity index (χ1v) is 3.20. The van der Waals surface area contributed by atoms with Crippen LogP contribution in [-0.2, 0) is 0 Å². The summed E-state index contributed by atoms with van der Waals surface area (Å²) in [6.45, 7) is 0. The van der Waals surface area contributed by atoms with E-state index < -0.39 is 0 Å². The summed E-state index contributed by atoms with van der Waals surface area (Å²) >= 11 is 1.42. The summed E-state index contributed by atoms with van der Waals surface area (Å²) in [6.07, 6.45) is 3.18. The van der Waals surface area contributed by atoms with Gasteiger partial charge in [-0.3, -0.25) is 0 Å². The summed E-state index contributed by atoms with van der Waals surface area (Å²) in [6, 6.07) is 0. The fourth-order valence-corrected chi connectivity index (χ4v) is 0.533. The molecule has 1 rings (SSSR count). The largest absolute Gasteiger partial charge is 0.229 e. The van der Waals surface area contributed by atoms with E-state index in [0.29, 0.717) is 5.16 Å². The predicted octanol–water partition coefficient (Wildman–Crippen LogP) is -0.0115. The molecular weight excluding hydrogens is 124 g/mol. The van der Waals surface area contributed by atoms with E-state index in [2.05, 4.69) is 20.4 Å². The molecule has 0 aromatic carbocycles. The normalized spacial score (nSPS) is 9.12. The Morgan fingerprint density at radius 3 is 2.38 bits per heavy atom. The molecule has 0 bridgehead atoms. The second-order valence-corrected chi connectivity index (χ2v) is 1.81. The Morgan fingerprint density at radius 2 is 2.00 bits per heavy atom. The predicted molar refractivity (Wildman–Crippen MR) is 29.4 cm³/mol. The second-order valence-electron chi connectivity index (χ2n) is 1.03. The molecule has 0 aliphatic rings. The van der Waals surface area contributed by atoms with Crippen LogP contribution in [0.15, 0.2) is 11.5 Å². The van der Waals surface area contributed by atoms with Crippen LogP contribution in [0.25, 0.3) is 0 Å². The summed E-state index contributed by atoms with van der Waals surface area (Å²) in [4.78, 5) is 0. The van der Waals surface area contributed by atoms with Gasteiger partial charge in [0.15, 0.2) is 6.33 Å². The van der Waals surface area contributed by atoms with Gasteiger partial charge < -0.3 is 0 Å². The van der Waals surface area contributed by atoms with Crippen molar-refractivity contribution >= 4 is 11.8 Å². The van der Waals surface area contributed by atoms with Crippen LogP contribution in [0.5, 0.6) is 0 Å². The van der Waals surface area contributed by atoms with Crippen molar-refractivity contribution in [1.82, 2.24) is 20.4 Å². The molecule has 0 spiro atoms. The molecule has 42 valence electrons. The molecule has 0 atom stereocenters. The van der Waals surface area contributed by atoms with Crippen molar-refractivity contribution in [1.29, 1.82) is 0 Å². The Balaban J connectivity index is 2.83. The summed E-state index contributed by atoms with van der Waals surface area (Å²) < 4.78 is 0. The van der Waals surface area contributed by atoms with Crippen LogP contribution in [0.1, 0.15) is 0 Å². The highest BCUT2D eigenvalue weighted by Gasteiger charge is 1.87. The molecule has 0 aliphatic carbocycles. The van der Waals surface area contributed by atoms with Crippen LogP contribution in [-0.4, -0.2) is 26.7 Å². The molecular formula is C3H4N4S. The lowest BCUT2D eigenvalue weighted by Crippen LogP contribution is -1.89. The van der Waals surface area contributed by atoms with Gasteiger partial charge in [0, 0.05) is 0 Å². The number of thioether (sulfide) groups is 1. The monoisotopic (exact) mass is 128 g/mol. The van der Waals surface area contributed by atoms with Crippen molar-refractivity contribution in [2.24, 2.45) is 0 Å². The van der Waals surface area contributed by atoms with E-state index in [1.165, 1.54) is 18.1 Å². The minimum atomic E-state index is 0.604. The molecule has 0 radical (unpaired) electrons. The van der Waals surface area contributed by atoms with Crippen LogP contribution in [0.2, 0.25) is 0 Å². The Hall–Kier alpha value is -0.710. The van der Waals surface area contributed by atoms with Gasteiger partial charge in [-0.2, -0.15) is 0 Å². The van der Waals surface area contributed by atoms with Crippen molar-refractivity contribution < 1.29 is 0 Å². The third-order valence-corrected chi connectivity index (χ3v) is 1.10. The second kappa shape index (κ2) is 2.56. The maximum Gasteiger partial charge on any atom is 0.229 e. The SMILES string of the molecule is CSc1nncnn1. The van der Waals surface area contributed by atoms with E-state index in [-0.39, 0.29) is 0 Å². The third-order valence-electron chi connectivity index (χ3n) is 0.572. The molecule has 5 heteroatoms. The Morgan fingerprint density at radius 1 is 1.38 bits per heavy atom. The lowest BCUT2D eigenvalue weighted by Gasteiger charge is -1.84. The van der Waals surface area contributed by atoms with E-state index >= 15 is 0 Å². The van der Waals surface area contributed by atoms with Gasteiger partial charge in [-0.05, 0) is 6.26 Å². The zero-order chi connectivity index (χ0) is 5.82. The van der Waals surface area contributed by atoms with E-state index in [9.17, 15) is 0 Å². The number of hydrogen-bond donors (Lipinski definition) is 0. The van der Waals surface area contributed by atoms with Gasteiger partial charge in [0.2, 0.25) is 5.16 Å². The van der Waals surface area contributed by atoms with E-state index in [1.807, 2.05) is 6.26 Å². The smallest absolute Gasteiger partial charge is 0.134 e. The molecule has 0 N–H and O–H groups in total. The molecule has 0 saturated heterocycles. The molecule has 0 amide bonds. The van der Waals surface area contributed by atoms with Gasteiger partial charge in [0.05, 0.1) is 0 Å². The number of aromatic nitrogens is 4. The molecule has 4 nitrogen and oxygen atoms in total.